The second-order valence-electron chi connectivity index (χ2n) is 4.85. The van der Waals surface area contributed by atoms with E-state index < -0.39 is 11.9 Å². The van der Waals surface area contributed by atoms with Crippen LogP contribution in [0.15, 0.2) is 48.5 Å². The molecule has 0 fully saturated rings. The van der Waals surface area contributed by atoms with Crippen molar-refractivity contribution >= 4 is 11.9 Å². The van der Waals surface area contributed by atoms with Gasteiger partial charge in [-0.1, -0.05) is 42.5 Å². The molecule has 0 amide bonds. The number of ether oxygens (including phenoxy) is 2. The molecular weight excluding hydrogens is 326 g/mol. The van der Waals surface area contributed by atoms with E-state index in [0.29, 0.717) is 0 Å². The highest BCUT2D eigenvalue weighted by atomic mass is 16.5. The van der Waals surface area contributed by atoms with E-state index in [4.69, 9.17) is 29.3 Å². The zero-order valence-corrected chi connectivity index (χ0v) is 14.1. The van der Waals surface area contributed by atoms with E-state index in [-0.39, 0.29) is 0 Å². The van der Waals surface area contributed by atoms with Crippen LogP contribution in [-0.4, -0.2) is 36.4 Å². The Morgan fingerprint density at radius 2 is 1.52 bits per heavy atom. The predicted octanol–water partition coefficient (Wildman–Crippen LogP) is 2.15. The Labute approximate surface area is 145 Å². The first kappa shape index (κ1) is 20.0. The molecule has 0 bridgehead atoms. The zero-order chi connectivity index (χ0) is 18.7. The maximum Gasteiger partial charge on any atom is 0.414 e. The van der Waals surface area contributed by atoms with Crippen LogP contribution in [0.4, 0.5) is 0 Å². The molecule has 0 aromatic heterocycles. The van der Waals surface area contributed by atoms with Crippen molar-refractivity contribution < 1.29 is 29.3 Å². The van der Waals surface area contributed by atoms with Crippen molar-refractivity contribution in [2.24, 2.45) is 0 Å². The number of nitrogens with one attached hydrogen (secondary N) is 1. The lowest BCUT2D eigenvalue weighted by Crippen LogP contribution is -2.13. The molecule has 0 radical (unpaired) electrons. The second-order valence-corrected chi connectivity index (χ2v) is 4.85. The Hall–Kier alpha value is -3.06. The molecule has 2 aromatic rings. The van der Waals surface area contributed by atoms with Gasteiger partial charge in [0.15, 0.2) is 11.5 Å². The summed E-state index contributed by atoms with van der Waals surface area (Å²) in [5.41, 5.74) is 2.36. The van der Waals surface area contributed by atoms with Crippen molar-refractivity contribution in [3.63, 3.8) is 0 Å². The van der Waals surface area contributed by atoms with Gasteiger partial charge in [0, 0.05) is 18.7 Å². The minimum Gasteiger partial charge on any atom is -0.493 e. The highest BCUT2D eigenvalue weighted by Crippen LogP contribution is 2.30. The number of carboxylic acid groups (broad SMARTS) is 2. The van der Waals surface area contributed by atoms with Crippen LogP contribution in [0.25, 0.3) is 0 Å². The number of methoxy groups -OCH3 is 2. The summed E-state index contributed by atoms with van der Waals surface area (Å²) in [5, 5.41) is 18.2. The van der Waals surface area contributed by atoms with E-state index in [1.54, 1.807) is 14.2 Å². The summed E-state index contributed by atoms with van der Waals surface area (Å²) in [5.74, 6) is -2.09. The third-order valence-corrected chi connectivity index (χ3v) is 3.15. The maximum atomic E-state index is 9.10. The smallest absolute Gasteiger partial charge is 0.414 e. The molecule has 0 aliphatic rings. The Kier molecular flexibility index (Phi) is 8.53. The number of hydrogen-bond donors (Lipinski definition) is 3. The molecule has 0 aliphatic carbocycles. The fourth-order valence-electron chi connectivity index (χ4n) is 2.03. The van der Waals surface area contributed by atoms with Gasteiger partial charge in [-0.25, -0.2) is 9.59 Å². The van der Waals surface area contributed by atoms with Crippen LogP contribution >= 0.6 is 0 Å². The Bertz CT molecular complexity index is 675. The largest absolute Gasteiger partial charge is 0.493 e. The summed E-state index contributed by atoms with van der Waals surface area (Å²) >= 11 is 0. The van der Waals surface area contributed by atoms with E-state index in [9.17, 15) is 0 Å². The normalized spacial score (nSPS) is 9.52. The average molecular weight is 347 g/mol. The van der Waals surface area contributed by atoms with Gasteiger partial charge in [-0.2, -0.15) is 0 Å². The van der Waals surface area contributed by atoms with Crippen LogP contribution < -0.4 is 14.8 Å². The molecule has 2 rings (SSSR count). The van der Waals surface area contributed by atoms with Gasteiger partial charge in [-0.05, 0) is 11.6 Å². The first-order valence-corrected chi connectivity index (χ1v) is 7.40. The fourth-order valence-corrected chi connectivity index (χ4v) is 2.03. The fraction of sp³-hybridized carbons (Fsp3) is 0.222. The molecule has 0 atom stereocenters. The third-order valence-electron chi connectivity index (χ3n) is 3.15. The SMILES string of the molecule is COc1cccc(CNCc2ccccc2)c1OC.O=C(O)C(=O)O. The number of hydrogen-bond acceptors (Lipinski definition) is 5. The van der Waals surface area contributed by atoms with Gasteiger partial charge in [0.25, 0.3) is 0 Å². The van der Waals surface area contributed by atoms with Crippen LogP contribution in [0.3, 0.4) is 0 Å². The molecule has 0 heterocycles. The van der Waals surface area contributed by atoms with Crippen molar-refractivity contribution in [2.45, 2.75) is 13.1 Å². The molecule has 134 valence electrons. The molecule has 7 heteroatoms. The third kappa shape index (κ3) is 6.92. The topological polar surface area (TPSA) is 105 Å². The molecule has 0 unspecified atom stereocenters. The highest BCUT2D eigenvalue weighted by molar-refractivity contribution is 6.27. The van der Waals surface area contributed by atoms with Gasteiger partial charge in [-0.15, -0.1) is 0 Å². The van der Waals surface area contributed by atoms with E-state index in [1.165, 1.54) is 5.56 Å². The maximum absolute atomic E-state index is 9.10. The van der Waals surface area contributed by atoms with E-state index in [1.807, 2.05) is 36.4 Å². The van der Waals surface area contributed by atoms with Gasteiger partial charge < -0.3 is 25.0 Å². The number of benzene rings is 2. The van der Waals surface area contributed by atoms with Gasteiger partial charge in [-0.3, -0.25) is 0 Å². The quantitative estimate of drug-likeness (QED) is 0.688. The Morgan fingerprint density at radius 1 is 0.880 bits per heavy atom. The second kappa shape index (κ2) is 10.7. The molecule has 3 N–H and O–H groups in total. The van der Waals surface area contributed by atoms with Crippen molar-refractivity contribution in [1.29, 1.82) is 0 Å². The van der Waals surface area contributed by atoms with Gasteiger partial charge in [0.1, 0.15) is 0 Å². The van der Waals surface area contributed by atoms with Crippen molar-refractivity contribution in [3.05, 3.63) is 59.7 Å². The summed E-state index contributed by atoms with van der Waals surface area (Å²) in [6.45, 7) is 1.58. The summed E-state index contributed by atoms with van der Waals surface area (Å²) in [7, 11) is 3.32. The first-order chi connectivity index (χ1) is 12.0. The summed E-state index contributed by atoms with van der Waals surface area (Å²) < 4.78 is 10.7. The minimum atomic E-state index is -1.82. The van der Waals surface area contributed by atoms with E-state index in [0.717, 1.165) is 30.2 Å². The van der Waals surface area contributed by atoms with E-state index >= 15 is 0 Å². The van der Waals surface area contributed by atoms with Crippen LogP contribution in [-0.2, 0) is 22.7 Å². The van der Waals surface area contributed by atoms with Crippen LogP contribution in [0.1, 0.15) is 11.1 Å². The number of rotatable bonds is 6. The van der Waals surface area contributed by atoms with Crippen molar-refractivity contribution in [1.82, 2.24) is 5.32 Å². The molecule has 0 aliphatic heterocycles. The van der Waals surface area contributed by atoms with Crippen molar-refractivity contribution in [2.75, 3.05) is 14.2 Å². The van der Waals surface area contributed by atoms with Crippen LogP contribution in [0.5, 0.6) is 11.5 Å². The molecule has 0 spiro atoms. The Balaban J connectivity index is 0.000000450. The van der Waals surface area contributed by atoms with Crippen LogP contribution in [0.2, 0.25) is 0 Å². The molecular formula is C18H21NO6. The lowest BCUT2D eigenvalue weighted by molar-refractivity contribution is -0.159. The zero-order valence-electron chi connectivity index (χ0n) is 14.1. The van der Waals surface area contributed by atoms with E-state index in [2.05, 4.69) is 17.4 Å². The molecule has 25 heavy (non-hydrogen) atoms. The van der Waals surface area contributed by atoms with Gasteiger partial charge in [0.2, 0.25) is 0 Å². The molecule has 7 nitrogen and oxygen atoms in total. The summed E-state index contributed by atoms with van der Waals surface area (Å²) in [6, 6.07) is 16.2. The molecule has 0 saturated heterocycles. The summed E-state index contributed by atoms with van der Waals surface area (Å²) in [4.78, 5) is 18.2. The lowest BCUT2D eigenvalue weighted by Gasteiger charge is -2.13. The number of carbonyl (C=O) groups is 2. The number of aliphatic carboxylic acids is 2. The monoisotopic (exact) mass is 347 g/mol. The summed E-state index contributed by atoms with van der Waals surface area (Å²) in [6.07, 6.45) is 0. The predicted molar refractivity (Wildman–Crippen MR) is 91.8 cm³/mol. The number of para-hydroxylation sites is 1. The molecule has 0 saturated carbocycles. The lowest BCUT2D eigenvalue weighted by atomic mass is 10.1. The standard InChI is InChI=1S/C16H19NO2.C2H2O4/c1-18-15-10-6-9-14(16(15)19-2)12-17-11-13-7-4-3-5-8-13;3-1(4)2(5)6/h3-10,17H,11-12H2,1-2H3;(H,3,4)(H,5,6). The minimum absolute atomic E-state index is 0.745. The molecule has 2 aromatic carbocycles. The van der Waals surface area contributed by atoms with Gasteiger partial charge >= 0.3 is 11.9 Å². The first-order valence-electron chi connectivity index (χ1n) is 7.40. The number of carboxylic acids is 2. The van der Waals surface area contributed by atoms with Gasteiger partial charge in [0.05, 0.1) is 14.2 Å². The van der Waals surface area contributed by atoms with Crippen molar-refractivity contribution in [3.8, 4) is 11.5 Å². The average Bonchev–Trinajstić information content (AvgIpc) is 2.62. The highest BCUT2D eigenvalue weighted by Gasteiger charge is 2.08. The van der Waals surface area contributed by atoms with Crippen LogP contribution in [0, 0.1) is 0 Å². The Morgan fingerprint density at radius 3 is 2.04 bits per heavy atom.